The van der Waals surface area contributed by atoms with Crippen LogP contribution < -0.4 is 10.6 Å². The molecule has 1 heterocycles. The number of nitrogen functional groups attached to an aromatic ring is 1. The molecule has 2 N–H and O–H groups in total. The van der Waals surface area contributed by atoms with Crippen LogP contribution in [0.2, 0.25) is 0 Å². The highest BCUT2D eigenvalue weighted by atomic mass is 16.5. The molecule has 0 atom stereocenters. The van der Waals surface area contributed by atoms with Crippen LogP contribution in [0.15, 0.2) is 0 Å². The van der Waals surface area contributed by atoms with E-state index < -0.39 is 0 Å². The molecule has 0 saturated carbocycles. The predicted molar refractivity (Wildman–Crippen MR) is 82.2 cm³/mol. The molecule has 0 aliphatic rings. The van der Waals surface area contributed by atoms with E-state index in [0.717, 1.165) is 56.3 Å². The summed E-state index contributed by atoms with van der Waals surface area (Å²) in [5.74, 6) is 1.01. The third kappa shape index (κ3) is 4.38. The number of aromatic nitrogens is 2. The quantitative estimate of drug-likeness (QED) is 0.662. The van der Waals surface area contributed by atoms with Crippen LogP contribution in [0.1, 0.15) is 25.5 Å². The van der Waals surface area contributed by atoms with E-state index in [-0.39, 0.29) is 0 Å². The molecule has 0 aliphatic carbocycles. The number of ether oxygens (including phenoxy) is 2. The molecule has 0 radical (unpaired) electrons. The largest absolute Gasteiger partial charge is 0.394 e. The molecule has 0 spiro atoms. The molecule has 116 valence electrons. The molecule has 0 saturated heterocycles. The van der Waals surface area contributed by atoms with Gasteiger partial charge in [0.1, 0.15) is 0 Å². The Bertz CT molecular complexity index is 393. The summed E-state index contributed by atoms with van der Waals surface area (Å²) < 4.78 is 12.3. The van der Waals surface area contributed by atoms with Gasteiger partial charge in [-0.15, -0.1) is 0 Å². The molecule has 0 fully saturated rings. The average Bonchev–Trinajstić information content (AvgIpc) is 2.70. The summed E-state index contributed by atoms with van der Waals surface area (Å²) in [5, 5.41) is 4.54. The number of rotatable bonds is 10. The van der Waals surface area contributed by atoms with Crippen molar-refractivity contribution < 1.29 is 9.47 Å². The highest BCUT2D eigenvalue weighted by Crippen LogP contribution is 2.27. The number of anilines is 2. The SMILES string of the molecule is CCCn1nc(C)c(N)c1N(CCCOC)CCOC. The zero-order valence-electron chi connectivity index (χ0n) is 13.2. The third-order valence-electron chi connectivity index (χ3n) is 3.22. The average molecular weight is 284 g/mol. The Morgan fingerprint density at radius 1 is 1.20 bits per heavy atom. The fourth-order valence-electron chi connectivity index (χ4n) is 2.21. The molecule has 20 heavy (non-hydrogen) atoms. The van der Waals surface area contributed by atoms with Crippen LogP contribution in [0.4, 0.5) is 11.5 Å². The first-order chi connectivity index (χ1) is 9.65. The van der Waals surface area contributed by atoms with E-state index in [9.17, 15) is 0 Å². The standard InChI is InChI=1S/C14H28N4O2/c1-5-7-18-14(13(15)12(2)16-18)17(9-11-20-4)8-6-10-19-3/h5-11,15H2,1-4H3. The van der Waals surface area contributed by atoms with Gasteiger partial charge in [0, 0.05) is 40.5 Å². The minimum absolute atomic E-state index is 0.669. The maximum Gasteiger partial charge on any atom is 0.150 e. The maximum absolute atomic E-state index is 6.21. The van der Waals surface area contributed by atoms with Gasteiger partial charge in [-0.2, -0.15) is 5.10 Å². The molecule has 0 aliphatic heterocycles. The van der Waals surface area contributed by atoms with Crippen molar-refractivity contribution in [1.82, 2.24) is 9.78 Å². The van der Waals surface area contributed by atoms with Gasteiger partial charge in [-0.1, -0.05) is 6.92 Å². The molecule has 0 aromatic carbocycles. The van der Waals surface area contributed by atoms with E-state index in [1.165, 1.54) is 0 Å². The number of nitrogens with zero attached hydrogens (tertiary/aromatic N) is 3. The second-order valence-corrected chi connectivity index (χ2v) is 4.87. The number of methoxy groups -OCH3 is 2. The van der Waals surface area contributed by atoms with Gasteiger partial charge in [0.2, 0.25) is 0 Å². The highest BCUT2D eigenvalue weighted by Gasteiger charge is 2.18. The van der Waals surface area contributed by atoms with Crippen molar-refractivity contribution >= 4 is 11.5 Å². The van der Waals surface area contributed by atoms with Gasteiger partial charge >= 0.3 is 0 Å². The molecule has 0 amide bonds. The Balaban J connectivity index is 2.91. The van der Waals surface area contributed by atoms with Crippen molar-refractivity contribution in [3.8, 4) is 0 Å². The smallest absolute Gasteiger partial charge is 0.150 e. The van der Waals surface area contributed by atoms with Gasteiger partial charge in [0.25, 0.3) is 0 Å². The molecule has 1 aromatic heterocycles. The highest BCUT2D eigenvalue weighted by molar-refractivity contribution is 5.66. The first kappa shape index (κ1) is 16.8. The lowest BCUT2D eigenvalue weighted by atomic mass is 10.3. The van der Waals surface area contributed by atoms with Crippen LogP contribution in [0, 0.1) is 6.92 Å². The van der Waals surface area contributed by atoms with Crippen molar-refractivity contribution in [2.45, 2.75) is 33.2 Å². The van der Waals surface area contributed by atoms with Gasteiger partial charge in [0.15, 0.2) is 5.82 Å². The second kappa shape index (κ2) is 8.81. The van der Waals surface area contributed by atoms with E-state index in [2.05, 4.69) is 16.9 Å². The molecular formula is C14H28N4O2. The number of aryl methyl sites for hydroxylation is 2. The fraction of sp³-hybridized carbons (Fsp3) is 0.786. The molecule has 6 heteroatoms. The molecule has 6 nitrogen and oxygen atoms in total. The lowest BCUT2D eigenvalue weighted by Crippen LogP contribution is -2.31. The number of nitrogens with two attached hydrogens (primary N) is 1. The van der Waals surface area contributed by atoms with Gasteiger partial charge < -0.3 is 20.1 Å². The molecule has 0 bridgehead atoms. The monoisotopic (exact) mass is 284 g/mol. The van der Waals surface area contributed by atoms with E-state index >= 15 is 0 Å². The summed E-state index contributed by atoms with van der Waals surface area (Å²) in [6.45, 7) is 8.07. The minimum Gasteiger partial charge on any atom is -0.394 e. The minimum atomic E-state index is 0.669. The Morgan fingerprint density at radius 3 is 2.50 bits per heavy atom. The molecule has 0 unspecified atom stereocenters. The summed E-state index contributed by atoms with van der Waals surface area (Å²) in [5.41, 5.74) is 7.88. The van der Waals surface area contributed by atoms with Crippen molar-refractivity contribution in [2.75, 3.05) is 51.2 Å². The Labute approximate surface area is 121 Å². The van der Waals surface area contributed by atoms with Crippen molar-refractivity contribution in [1.29, 1.82) is 0 Å². The molecular weight excluding hydrogens is 256 g/mol. The van der Waals surface area contributed by atoms with Gasteiger partial charge in [-0.05, 0) is 19.8 Å². The number of hydrogen-bond acceptors (Lipinski definition) is 5. The first-order valence-electron chi connectivity index (χ1n) is 7.21. The van der Waals surface area contributed by atoms with Crippen LogP contribution in [-0.2, 0) is 16.0 Å². The number of hydrogen-bond donors (Lipinski definition) is 1. The Hall–Kier alpha value is -1.27. The van der Waals surface area contributed by atoms with Gasteiger partial charge in [-0.25, -0.2) is 4.68 Å². The van der Waals surface area contributed by atoms with Crippen LogP contribution in [0.3, 0.4) is 0 Å². The van der Waals surface area contributed by atoms with Crippen LogP contribution >= 0.6 is 0 Å². The molecule has 1 aromatic rings. The normalized spacial score (nSPS) is 11.0. The summed E-state index contributed by atoms with van der Waals surface area (Å²) >= 11 is 0. The van der Waals surface area contributed by atoms with E-state index in [0.29, 0.717) is 6.61 Å². The zero-order chi connectivity index (χ0) is 15.0. The predicted octanol–water partition coefficient (Wildman–Crippen LogP) is 1.67. The third-order valence-corrected chi connectivity index (χ3v) is 3.22. The van der Waals surface area contributed by atoms with Crippen LogP contribution in [0.25, 0.3) is 0 Å². The topological polar surface area (TPSA) is 65.5 Å². The summed E-state index contributed by atoms with van der Waals surface area (Å²) in [7, 11) is 3.44. The zero-order valence-corrected chi connectivity index (χ0v) is 13.2. The van der Waals surface area contributed by atoms with Crippen molar-refractivity contribution in [3.05, 3.63) is 5.69 Å². The van der Waals surface area contributed by atoms with E-state index in [1.807, 2.05) is 11.6 Å². The lowest BCUT2D eigenvalue weighted by Gasteiger charge is -2.25. The van der Waals surface area contributed by atoms with Gasteiger partial charge in [-0.3, -0.25) is 0 Å². The Morgan fingerprint density at radius 2 is 1.90 bits per heavy atom. The van der Waals surface area contributed by atoms with Crippen molar-refractivity contribution in [3.63, 3.8) is 0 Å². The van der Waals surface area contributed by atoms with E-state index in [1.54, 1.807) is 14.2 Å². The van der Waals surface area contributed by atoms with E-state index in [4.69, 9.17) is 15.2 Å². The summed E-state index contributed by atoms with van der Waals surface area (Å²) in [6.07, 6.45) is 1.99. The van der Waals surface area contributed by atoms with Crippen molar-refractivity contribution in [2.24, 2.45) is 0 Å². The maximum atomic E-state index is 6.21. The molecule has 1 rings (SSSR count). The van der Waals surface area contributed by atoms with Crippen LogP contribution in [-0.4, -0.2) is 50.3 Å². The van der Waals surface area contributed by atoms with Gasteiger partial charge in [0.05, 0.1) is 18.0 Å². The summed E-state index contributed by atoms with van der Waals surface area (Å²) in [6, 6.07) is 0. The lowest BCUT2D eigenvalue weighted by molar-refractivity contribution is 0.190. The second-order valence-electron chi connectivity index (χ2n) is 4.87. The Kier molecular flexibility index (Phi) is 7.40. The van der Waals surface area contributed by atoms with Crippen LogP contribution in [0.5, 0.6) is 0 Å². The fourth-order valence-corrected chi connectivity index (χ4v) is 2.21. The summed E-state index contributed by atoms with van der Waals surface area (Å²) in [4.78, 5) is 2.24. The first-order valence-corrected chi connectivity index (χ1v) is 7.21.